The van der Waals surface area contributed by atoms with E-state index in [2.05, 4.69) is 5.32 Å². The fraction of sp³-hybridized carbons (Fsp3) is 0.269. The van der Waals surface area contributed by atoms with Crippen LogP contribution in [0.1, 0.15) is 34.7 Å². The molecule has 0 aliphatic carbocycles. The molecule has 1 aliphatic heterocycles. The number of nitrogens with one attached hydrogen (secondary N) is 1. The van der Waals surface area contributed by atoms with Gasteiger partial charge in [-0.1, -0.05) is 54.1 Å². The second-order valence-corrected chi connectivity index (χ2v) is 10.1. The molecule has 0 aromatic heterocycles. The second kappa shape index (κ2) is 9.77. The van der Waals surface area contributed by atoms with Crippen molar-refractivity contribution in [3.05, 3.63) is 95.1 Å². The summed E-state index contributed by atoms with van der Waals surface area (Å²) >= 11 is 0. The number of benzene rings is 3. The lowest BCUT2D eigenvalue weighted by molar-refractivity contribution is -0.122. The molecule has 0 fully saturated rings. The van der Waals surface area contributed by atoms with Crippen LogP contribution >= 0.6 is 0 Å². The smallest absolute Gasteiger partial charge is 0.243 e. The number of fused-ring (bicyclic) bond motifs is 1. The van der Waals surface area contributed by atoms with Gasteiger partial charge in [-0.25, -0.2) is 8.42 Å². The molecule has 0 unspecified atom stereocenters. The Hall–Kier alpha value is -3.16. The monoisotopic (exact) mass is 464 g/mol. The third-order valence-corrected chi connectivity index (χ3v) is 7.92. The minimum absolute atomic E-state index is 0.0477. The quantitative estimate of drug-likeness (QED) is 0.574. The molecular weight excluding hydrogens is 436 g/mol. The summed E-state index contributed by atoms with van der Waals surface area (Å²) in [7, 11) is -2.16. The number of carbonyl (C=O) groups is 1. The number of rotatable bonds is 7. The summed E-state index contributed by atoms with van der Waals surface area (Å²) in [6.07, 6.45) is 0.662. The SMILES string of the molecule is COc1cccc(CNC(=O)C[C@H]2c3ccccc3CCN2S(=O)(=O)c2ccc(C)cc2)c1. The van der Waals surface area contributed by atoms with E-state index in [1.165, 1.54) is 4.31 Å². The Morgan fingerprint density at radius 2 is 1.82 bits per heavy atom. The number of hydrogen-bond acceptors (Lipinski definition) is 4. The summed E-state index contributed by atoms with van der Waals surface area (Å²) in [4.78, 5) is 13.2. The van der Waals surface area contributed by atoms with Gasteiger partial charge in [0.25, 0.3) is 0 Å². The van der Waals surface area contributed by atoms with Crippen LogP contribution in [0.2, 0.25) is 0 Å². The van der Waals surface area contributed by atoms with E-state index in [0.717, 1.165) is 28.0 Å². The molecule has 3 aromatic rings. The third kappa shape index (κ3) is 5.10. The summed E-state index contributed by atoms with van der Waals surface area (Å²) in [5, 5.41) is 2.93. The number of carbonyl (C=O) groups excluding carboxylic acids is 1. The minimum atomic E-state index is -3.76. The van der Waals surface area contributed by atoms with E-state index in [1.54, 1.807) is 31.4 Å². The predicted molar refractivity (Wildman–Crippen MR) is 127 cm³/mol. The van der Waals surface area contributed by atoms with Crippen molar-refractivity contribution in [3.8, 4) is 5.75 Å². The highest BCUT2D eigenvalue weighted by Gasteiger charge is 2.37. The highest BCUT2D eigenvalue weighted by Crippen LogP contribution is 2.36. The Morgan fingerprint density at radius 3 is 2.58 bits per heavy atom. The summed E-state index contributed by atoms with van der Waals surface area (Å²) < 4.78 is 33.8. The fourth-order valence-electron chi connectivity index (χ4n) is 4.20. The van der Waals surface area contributed by atoms with Gasteiger partial charge in [-0.05, 0) is 54.3 Å². The molecular formula is C26H28N2O4S. The van der Waals surface area contributed by atoms with E-state index in [0.29, 0.717) is 19.5 Å². The molecule has 7 heteroatoms. The van der Waals surface area contributed by atoms with E-state index in [4.69, 9.17) is 4.74 Å². The molecule has 0 bridgehead atoms. The summed E-state index contributed by atoms with van der Waals surface area (Å²) in [6, 6.07) is 21.5. The molecule has 0 saturated heterocycles. The van der Waals surface area contributed by atoms with E-state index >= 15 is 0 Å². The van der Waals surface area contributed by atoms with E-state index in [1.807, 2.05) is 55.5 Å². The van der Waals surface area contributed by atoms with Gasteiger partial charge in [0.05, 0.1) is 18.0 Å². The van der Waals surface area contributed by atoms with Crippen molar-refractivity contribution in [3.63, 3.8) is 0 Å². The van der Waals surface area contributed by atoms with Crippen molar-refractivity contribution in [1.82, 2.24) is 9.62 Å². The van der Waals surface area contributed by atoms with E-state index < -0.39 is 16.1 Å². The normalized spacial score (nSPS) is 16.1. The zero-order valence-corrected chi connectivity index (χ0v) is 19.6. The Bertz CT molecular complexity index is 1240. The number of hydrogen-bond donors (Lipinski definition) is 1. The van der Waals surface area contributed by atoms with Gasteiger partial charge in [0.2, 0.25) is 15.9 Å². The van der Waals surface area contributed by atoms with Crippen molar-refractivity contribution in [2.24, 2.45) is 0 Å². The van der Waals surface area contributed by atoms with Crippen molar-refractivity contribution in [1.29, 1.82) is 0 Å². The highest BCUT2D eigenvalue weighted by atomic mass is 32.2. The molecule has 0 saturated carbocycles. The number of sulfonamides is 1. The number of ether oxygens (including phenoxy) is 1. The maximum Gasteiger partial charge on any atom is 0.243 e. The number of nitrogens with zero attached hydrogens (tertiary/aromatic N) is 1. The van der Waals surface area contributed by atoms with Gasteiger partial charge in [-0.3, -0.25) is 4.79 Å². The average Bonchev–Trinajstić information content (AvgIpc) is 2.83. The minimum Gasteiger partial charge on any atom is -0.497 e. The molecule has 3 aromatic carbocycles. The van der Waals surface area contributed by atoms with Crippen LogP contribution in [0.5, 0.6) is 5.75 Å². The molecule has 4 rings (SSSR count). The maximum atomic E-state index is 13.5. The molecule has 0 radical (unpaired) electrons. The molecule has 1 atom stereocenters. The summed E-state index contributed by atoms with van der Waals surface area (Å²) in [6.45, 7) is 2.60. The van der Waals surface area contributed by atoms with Crippen LogP contribution in [0.25, 0.3) is 0 Å². The summed E-state index contributed by atoms with van der Waals surface area (Å²) in [5.41, 5.74) is 3.87. The van der Waals surface area contributed by atoms with Crippen LogP contribution < -0.4 is 10.1 Å². The van der Waals surface area contributed by atoms with Gasteiger partial charge >= 0.3 is 0 Å². The van der Waals surface area contributed by atoms with Crippen LogP contribution in [0.4, 0.5) is 0 Å². The number of aryl methyl sites for hydroxylation is 1. The molecule has 1 aliphatic rings. The lowest BCUT2D eigenvalue weighted by atomic mass is 9.92. The second-order valence-electron chi connectivity index (χ2n) is 8.23. The van der Waals surface area contributed by atoms with E-state index in [9.17, 15) is 13.2 Å². The Morgan fingerprint density at radius 1 is 1.06 bits per heavy atom. The van der Waals surface area contributed by atoms with Crippen LogP contribution in [-0.2, 0) is 27.8 Å². The first-order chi connectivity index (χ1) is 15.9. The molecule has 0 spiro atoms. The van der Waals surface area contributed by atoms with Crippen molar-refractivity contribution in [2.45, 2.75) is 37.2 Å². The van der Waals surface area contributed by atoms with Crippen LogP contribution in [0.15, 0.2) is 77.7 Å². The molecule has 6 nitrogen and oxygen atoms in total. The van der Waals surface area contributed by atoms with Gasteiger partial charge in [0, 0.05) is 19.5 Å². The van der Waals surface area contributed by atoms with Crippen molar-refractivity contribution >= 4 is 15.9 Å². The zero-order valence-electron chi connectivity index (χ0n) is 18.8. The largest absolute Gasteiger partial charge is 0.497 e. The first-order valence-electron chi connectivity index (χ1n) is 10.9. The Kier molecular flexibility index (Phi) is 6.81. The van der Waals surface area contributed by atoms with Crippen LogP contribution in [0, 0.1) is 6.92 Å². The van der Waals surface area contributed by atoms with E-state index in [-0.39, 0.29) is 17.2 Å². The number of methoxy groups -OCH3 is 1. The summed E-state index contributed by atoms with van der Waals surface area (Å²) in [5.74, 6) is 0.516. The maximum absolute atomic E-state index is 13.5. The lowest BCUT2D eigenvalue weighted by Crippen LogP contribution is -2.42. The van der Waals surface area contributed by atoms with Crippen molar-refractivity contribution < 1.29 is 17.9 Å². The van der Waals surface area contributed by atoms with Crippen LogP contribution in [0.3, 0.4) is 0 Å². The fourth-order valence-corrected chi connectivity index (χ4v) is 5.81. The molecule has 1 N–H and O–H groups in total. The average molecular weight is 465 g/mol. The standard InChI is InChI=1S/C26H28N2O4S/c1-19-10-12-23(13-11-19)33(30,31)28-15-14-21-7-3-4-9-24(21)25(28)17-26(29)27-18-20-6-5-8-22(16-20)32-2/h3-13,16,25H,14-15,17-18H2,1-2H3,(H,27,29)/t25-/m0/s1. The topological polar surface area (TPSA) is 75.7 Å². The van der Waals surface area contributed by atoms with Crippen molar-refractivity contribution in [2.75, 3.05) is 13.7 Å². The Balaban J connectivity index is 1.57. The van der Waals surface area contributed by atoms with Gasteiger partial charge in [0.15, 0.2) is 0 Å². The third-order valence-electron chi connectivity index (χ3n) is 5.99. The van der Waals surface area contributed by atoms with Gasteiger partial charge < -0.3 is 10.1 Å². The number of amides is 1. The first-order valence-corrected chi connectivity index (χ1v) is 12.4. The lowest BCUT2D eigenvalue weighted by Gasteiger charge is -2.36. The molecule has 1 heterocycles. The Labute approximate surface area is 195 Å². The van der Waals surface area contributed by atoms with Crippen LogP contribution in [-0.4, -0.2) is 32.3 Å². The zero-order chi connectivity index (χ0) is 23.4. The van der Waals surface area contributed by atoms with Gasteiger partial charge in [0.1, 0.15) is 5.75 Å². The molecule has 33 heavy (non-hydrogen) atoms. The molecule has 1 amide bonds. The highest BCUT2D eigenvalue weighted by molar-refractivity contribution is 7.89. The molecule has 172 valence electrons. The van der Waals surface area contributed by atoms with Gasteiger partial charge in [-0.2, -0.15) is 4.31 Å². The van der Waals surface area contributed by atoms with Gasteiger partial charge in [-0.15, -0.1) is 0 Å². The first kappa shape index (κ1) is 23.0. The predicted octanol–water partition coefficient (Wildman–Crippen LogP) is 4.00.